The van der Waals surface area contributed by atoms with Gasteiger partial charge >= 0.3 is 0 Å². The van der Waals surface area contributed by atoms with E-state index in [1.165, 1.54) is 6.07 Å². The number of hydrogen-bond donors (Lipinski definition) is 1. The Balaban J connectivity index is 1.51. The molecule has 0 saturated heterocycles. The quantitative estimate of drug-likeness (QED) is 0.519. The number of Topliss-reactive ketones (excluding diaryl/α,β-unsaturated/α-hetero) is 1. The SMILES string of the molecule is Cc1cc2c(cc1C1(C(=O)c3sccc3S(=O)(=O)Nc3onc(C)c3Cl)CC1)OCO2. The molecular weight excluding hydrogens is 464 g/mol. The molecule has 0 spiro atoms. The van der Waals surface area contributed by atoms with Crippen molar-refractivity contribution in [3.05, 3.63) is 50.3 Å². The van der Waals surface area contributed by atoms with Crippen LogP contribution in [-0.2, 0) is 15.4 Å². The lowest BCUT2D eigenvalue weighted by atomic mass is 9.87. The zero-order valence-corrected chi connectivity index (χ0v) is 18.9. The molecule has 1 fully saturated rings. The number of fused-ring (bicyclic) bond motifs is 1. The smallest absolute Gasteiger partial charge is 0.265 e. The Morgan fingerprint density at radius 3 is 2.58 bits per heavy atom. The van der Waals surface area contributed by atoms with Gasteiger partial charge in [-0.3, -0.25) is 4.79 Å². The van der Waals surface area contributed by atoms with Crippen LogP contribution in [-0.4, -0.2) is 26.2 Å². The fourth-order valence-corrected chi connectivity index (χ4v) is 6.43. The minimum atomic E-state index is -4.11. The summed E-state index contributed by atoms with van der Waals surface area (Å²) in [5.41, 5.74) is 1.32. The van der Waals surface area contributed by atoms with E-state index in [1.54, 1.807) is 12.3 Å². The zero-order valence-electron chi connectivity index (χ0n) is 16.5. The highest BCUT2D eigenvalue weighted by Gasteiger charge is 2.53. The number of sulfonamides is 1. The monoisotopic (exact) mass is 480 g/mol. The van der Waals surface area contributed by atoms with Crippen LogP contribution in [0.25, 0.3) is 0 Å². The molecule has 5 rings (SSSR count). The molecule has 1 aliphatic heterocycles. The Kier molecular flexibility index (Phi) is 4.58. The number of ketones is 1. The van der Waals surface area contributed by atoms with E-state index in [9.17, 15) is 13.2 Å². The van der Waals surface area contributed by atoms with E-state index >= 15 is 0 Å². The number of nitrogens with zero attached hydrogens (tertiary/aromatic N) is 1. The molecule has 1 aromatic carbocycles. The van der Waals surface area contributed by atoms with Gasteiger partial charge in [-0.1, -0.05) is 16.8 Å². The molecule has 3 heterocycles. The number of aryl methyl sites for hydroxylation is 2. The number of thiophene rings is 1. The van der Waals surface area contributed by atoms with E-state index in [1.807, 2.05) is 19.1 Å². The summed E-state index contributed by atoms with van der Waals surface area (Å²) in [5.74, 6) is 0.823. The van der Waals surface area contributed by atoms with Gasteiger partial charge in [0.1, 0.15) is 15.6 Å². The lowest BCUT2D eigenvalue weighted by Crippen LogP contribution is -2.24. The Morgan fingerprint density at radius 1 is 1.23 bits per heavy atom. The zero-order chi connectivity index (χ0) is 22.0. The van der Waals surface area contributed by atoms with Crippen molar-refractivity contribution in [2.24, 2.45) is 0 Å². The van der Waals surface area contributed by atoms with Crippen LogP contribution in [0.15, 0.2) is 33.0 Å². The topological polar surface area (TPSA) is 108 Å². The maximum absolute atomic E-state index is 13.6. The Hall–Kier alpha value is -2.56. The van der Waals surface area contributed by atoms with Crippen molar-refractivity contribution in [1.82, 2.24) is 5.16 Å². The molecule has 1 aliphatic carbocycles. The molecule has 11 heteroatoms. The maximum atomic E-state index is 13.6. The second-order valence-corrected chi connectivity index (χ2v) is 10.5. The van der Waals surface area contributed by atoms with Crippen LogP contribution in [0.2, 0.25) is 5.02 Å². The molecule has 0 radical (unpaired) electrons. The third-order valence-corrected chi connectivity index (χ3v) is 8.42. The highest BCUT2D eigenvalue weighted by Crippen LogP contribution is 2.54. The van der Waals surface area contributed by atoms with E-state index in [4.69, 9.17) is 25.6 Å². The summed E-state index contributed by atoms with van der Waals surface area (Å²) in [7, 11) is -4.11. The first-order valence-electron chi connectivity index (χ1n) is 9.40. The number of carbonyl (C=O) groups is 1. The van der Waals surface area contributed by atoms with E-state index in [0.29, 0.717) is 30.0 Å². The molecular formula is C20H17ClN2O6S2. The van der Waals surface area contributed by atoms with Crippen LogP contribution in [0, 0.1) is 13.8 Å². The van der Waals surface area contributed by atoms with Crippen molar-refractivity contribution < 1.29 is 27.2 Å². The standard InChI is InChI=1S/C20H17ClN2O6S2/c1-10-7-13-14(28-9-27-13)8-12(10)20(4-5-20)18(24)17-15(3-6-30-17)31(25,26)23-19-16(21)11(2)22-29-19/h3,6-8,23H,4-5,9H2,1-2H3. The summed E-state index contributed by atoms with van der Waals surface area (Å²) in [6.07, 6.45) is 1.26. The average molecular weight is 481 g/mol. The molecule has 0 unspecified atom stereocenters. The Morgan fingerprint density at radius 2 is 1.94 bits per heavy atom. The van der Waals surface area contributed by atoms with Gasteiger partial charge < -0.3 is 14.0 Å². The van der Waals surface area contributed by atoms with Crippen LogP contribution in [0.1, 0.15) is 39.3 Å². The van der Waals surface area contributed by atoms with Gasteiger partial charge in [-0.05, 0) is 61.4 Å². The van der Waals surface area contributed by atoms with Gasteiger partial charge in [-0.2, -0.15) is 0 Å². The van der Waals surface area contributed by atoms with Crippen LogP contribution in [0.3, 0.4) is 0 Å². The molecule has 2 aliphatic rings. The number of ether oxygens (including phenoxy) is 2. The Labute approximate surface area is 187 Å². The summed E-state index contributed by atoms with van der Waals surface area (Å²) in [6.45, 7) is 3.64. The van der Waals surface area contributed by atoms with Crippen LogP contribution in [0.5, 0.6) is 11.5 Å². The van der Waals surface area contributed by atoms with E-state index in [2.05, 4.69) is 9.88 Å². The van der Waals surface area contributed by atoms with Gasteiger partial charge in [0.2, 0.25) is 6.79 Å². The number of rotatable bonds is 6. The average Bonchev–Trinajstić information content (AvgIpc) is 3.03. The van der Waals surface area contributed by atoms with Gasteiger partial charge in [0.15, 0.2) is 17.3 Å². The van der Waals surface area contributed by atoms with Crippen molar-refractivity contribution >= 4 is 44.6 Å². The normalized spacial score (nSPS) is 16.4. The lowest BCUT2D eigenvalue weighted by molar-refractivity contribution is 0.0946. The van der Waals surface area contributed by atoms with Crippen molar-refractivity contribution in [2.75, 3.05) is 11.5 Å². The lowest BCUT2D eigenvalue weighted by Gasteiger charge is -2.18. The summed E-state index contributed by atoms with van der Waals surface area (Å²) in [4.78, 5) is 13.7. The van der Waals surface area contributed by atoms with Gasteiger partial charge in [0.25, 0.3) is 15.9 Å². The number of halogens is 1. The molecule has 31 heavy (non-hydrogen) atoms. The maximum Gasteiger partial charge on any atom is 0.265 e. The molecule has 1 N–H and O–H groups in total. The molecule has 162 valence electrons. The van der Waals surface area contributed by atoms with Crippen molar-refractivity contribution in [3.8, 4) is 11.5 Å². The fourth-order valence-electron chi connectivity index (χ4n) is 3.79. The first kappa shape index (κ1) is 20.3. The minimum Gasteiger partial charge on any atom is -0.454 e. The number of hydrogen-bond acceptors (Lipinski definition) is 8. The third-order valence-electron chi connectivity index (χ3n) is 5.56. The number of carbonyl (C=O) groups excluding carboxylic acids is 1. The van der Waals surface area contributed by atoms with Crippen molar-refractivity contribution in [2.45, 2.75) is 37.0 Å². The molecule has 0 atom stereocenters. The molecule has 0 bridgehead atoms. The summed E-state index contributed by atoms with van der Waals surface area (Å²) in [6, 6.07) is 5.09. The Bertz CT molecular complexity index is 1320. The van der Waals surface area contributed by atoms with Crippen LogP contribution < -0.4 is 14.2 Å². The molecule has 1 saturated carbocycles. The summed E-state index contributed by atoms with van der Waals surface area (Å²) >= 11 is 7.13. The van der Waals surface area contributed by atoms with E-state index < -0.39 is 15.4 Å². The summed E-state index contributed by atoms with van der Waals surface area (Å²) in [5, 5.41) is 5.30. The van der Waals surface area contributed by atoms with Crippen molar-refractivity contribution in [1.29, 1.82) is 0 Å². The second kappa shape index (κ2) is 6.98. The predicted octanol–water partition coefficient (Wildman–Crippen LogP) is 4.45. The molecule has 8 nitrogen and oxygen atoms in total. The first-order valence-corrected chi connectivity index (χ1v) is 12.1. The molecule has 3 aromatic rings. The highest BCUT2D eigenvalue weighted by molar-refractivity contribution is 7.93. The largest absolute Gasteiger partial charge is 0.454 e. The second-order valence-electron chi connectivity index (χ2n) is 7.56. The minimum absolute atomic E-state index is 0.0707. The predicted molar refractivity (Wildman–Crippen MR) is 114 cm³/mol. The van der Waals surface area contributed by atoms with Crippen LogP contribution >= 0.6 is 22.9 Å². The van der Waals surface area contributed by atoms with E-state index in [0.717, 1.165) is 22.5 Å². The number of aromatic nitrogens is 1. The van der Waals surface area contributed by atoms with E-state index in [-0.39, 0.29) is 33.3 Å². The first-order chi connectivity index (χ1) is 14.7. The van der Waals surface area contributed by atoms with Gasteiger partial charge in [0.05, 0.1) is 10.3 Å². The van der Waals surface area contributed by atoms with Gasteiger partial charge in [-0.15, -0.1) is 11.3 Å². The summed E-state index contributed by atoms with van der Waals surface area (Å²) < 4.78 is 44.2. The molecule has 0 amide bonds. The number of anilines is 1. The molecule has 2 aromatic heterocycles. The van der Waals surface area contributed by atoms with Gasteiger partial charge in [-0.25, -0.2) is 13.1 Å². The third kappa shape index (κ3) is 3.20. The number of benzene rings is 1. The highest BCUT2D eigenvalue weighted by atomic mass is 35.5. The van der Waals surface area contributed by atoms with Crippen molar-refractivity contribution in [3.63, 3.8) is 0 Å². The van der Waals surface area contributed by atoms with Crippen LogP contribution in [0.4, 0.5) is 5.88 Å². The number of nitrogens with one attached hydrogen (secondary N) is 1. The fraction of sp³-hybridized carbons (Fsp3) is 0.300. The van der Waals surface area contributed by atoms with Gasteiger partial charge in [0, 0.05) is 0 Å².